The Morgan fingerprint density at radius 3 is 2.54 bits per heavy atom. The molecule has 5 rings (SSSR count). The van der Waals surface area contributed by atoms with Gasteiger partial charge in [0.05, 0.1) is 6.54 Å². The molecule has 0 saturated heterocycles. The third-order valence-electron chi connectivity index (χ3n) is 5.91. The largest absolute Gasteiger partial charge is 0.416 e. The van der Waals surface area contributed by atoms with E-state index in [1.54, 1.807) is 19.2 Å². The normalized spacial score (nSPS) is 12.4. The van der Waals surface area contributed by atoms with Gasteiger partial charge in [-0.25, -0.2) is 24.1 Å². The van der Waals surface area contributed by atoms with Gasteiger partial charge in [0.2, 0.25) is 0 Å². The highest BCUT2D eigenvalue weighted by Gasteiger charge is 2.39. The molecule has 0 aliphatic heterocycles. The Hall–Kier alpha value is -4.83. The van der Waals surface area contributed by atoms with Crippen molar-refractivity contribution in [3.8, 4) is 17.1 Å². The van der Waals surface area contributed by atoms with Gasteiger partial charge in [-0.3, -0.25) is 14.0 Å². The van der Waals surface area contributed by atoms with Gasteiger partial charge in [-0.1, -0.05) is 11.6 Å². The molecule has 0 spiro atoms. The molecule has 0 saturated carbocycles. The van der Waals surface area contributed by atoms with E-state index in [1.165, 1.54) is 58.4 Å². The van der Waals surface area contributed by atoms with E-state index in [0.29, 0.717) is 22.0 Å². The summed E-state index contributed by atoms with van der Waals surface area (Å²) in [6, 6.07) is 10.7. The van der Waals surface area contributed by atoms with Crippen LogP contribution in [0.5, 0.6) is 0 Å². The average Bonchev–Trinajstić information content (AvgIpc) is 3.65. The summed E-state index contributed by atoms with van der Waals surface area (Å²) in [5, 5.41) is 25.2. The molecule has 0 unspecified atom stereocenters. The van der Waals surface area contributed by atoms with Gasteiger partial charge >= 0.3 is 11.9 Å². The molecule has 4 heterocycles. The number of amides is 1. The second-order valence-electron chi connectivity index (χ2n) is 8.71. The Morgan fingerprint density at radius 1 is 1.10 bits per heavy atom. The molecule has 0 bridgehead atoms. The Bertz CT molecular complexity index is 1760. The quantitative estimate of drug-likeness (QED) is 0.280. The van der Waals surface area contributed by atoms with Crippen LogP contribution in [0.3, 0.4) is 0 Å². The lowest BCUT2D eigenvalue weighted by molar-refractivity contribution is -0.207. The highest BCUT2D eigenvalue weighted by atomic mass is 35.5. The van der Waals surface area contributed by atoms with Crippen molar-refractivity contribution in [1.29, 1.82) is 0 Å². The molecule has 5 aromatic rings. The number of carbonyl (C=O) groups excluding carboxylic acids is 1. The Balaban J connectivity index is 1.44. The van der Waals surface area contributed by atoms with Crippen molar-refractivity contribution in [2.24, 2.45) is 7.05 Å². The van der Waals surface area contributed by atoms with Crippen LogP contribution in [0.1, 0.15) is 16.3 Å². The monoisotopic (exact) mass is 588 g/mol. The maximum Gasteiger partial charge on any atom is 0.416 e. The molecule has 0 aliphatic rings. The highest BCUT2D eigenvalue weighted by molar-refractivity contribution is 6.30. The molecule has 2 N–H and O–H groups in total. The first kappa shape index (κ1) is 27.7. The molecule has 0 fully saturated rings. The lowest BCUT2D eigenvalue weighted by Crippen LogP contribution is -2.37. The van der Waals surface area contributed by atoms with Gasteiger partial charge in [0.15, 0.2) is 23.6 Å². The standard InChI is InChI=1S/C24H20ClF3N10O3/c1-35-17(8-10-31-35)22(40)32-20-16(3-2-9-29-20)38-13-30-19(33-38)12-37-23(41)36(11-18(39)24(26,27)28)21(34-37)14-4-6-15(25)7-5-14/h2-10,13,18,39H,11-12H2,1H3,(H,29,32,40)/t18-/m0/s1. The number of hydrogen-bond donors (Lipinski definition) is 2. The van der Waals surface area contributed by atoms with Crippen molar-refractivity contribution in [3.05, 3.63) is 88.2 Å². The minimum Gasteiger partial charge on any atom is -0.382 e. The van der Waals surface area contributed by atoms with Crippen LogP contribution < -0.4 is 11.0 Å². The predicted molar refractivity (Wildman–Crippen MR) is 138 cm³/mol. The number of rotatable bonds is 8. The van der Waals surface area contributed by atoms with Crippen LogP contribution in [0.2, 0.25) is 5.02 Å². The highest BCUT2D eigenvalue weighted by Crippen LogP contribution is 2.24. The van der Waals surface area contributed by atoms with Crippen LogP contribution >= 0.6 is 11.6 Å². The van der Waals surface area contributed by atoms with Crippen LogP contribution in [0.25, 0.3) is 17.1 Å². The predicted octanol–water partition coefficient (Wildman–Crippen LogP) is 2.30. The Labute approximate surface area is 233 Å². The zero-order valence-electron chi connectivity index (χ0n) is 21.1. The number of anilines is 1. The SMILES string of the molecule is Cn1nccc1C(=O)Nc1ncccc1-n1cnc(Cn2nc(-c3ccc(Cl)cc3)n(C[C@H](O)C(F)(F)F)c2=O)n1. The fourth-order valence-electron chi connectivity index (χ4n) is 3.86. The molecule has 0 radical (unpaired) electrons. The molecule has 1 atom stereocenters. The second kappa shape index (κ2) is 11.0. The van der Waals surface area contributed by atoms with Crippen molar-refractivity contribution in [2.45, 2.75) is 25.4 Å². The van der Waals surface area contributed by atoms with Crippen molar-refractivity contribution >= 4 is 23.3 Å². The zero-order valence-corrected chi connectivity index (χ0v) is 21.8. The minimum atomic E-state index is -4.95. The number of carbonyl (C=O) groups is 1. The van der Waals surface area contributed by atoms with E-state index in [9.17, 15) is 27.9 Å². The lowest BCUT2D eigenvalue weighted by atomic mass is 10.2. The first-order valence-electron chi connectivity index (χ1n) is 11.8. The first-order chi connectivity index (χ1) is 19.5. The van der Waals surface area contributed by atoms with Gasteiger partial charge in [0.1, 0.15) is 24.3 Å². The maximum absolute atomic E-state index is 13.1. The Morgan fingerprint density at radius 2 is 1.85 bits per heavy atom. The van der Waals surface area contributed by atoms with Gasteiger partial charge in [0.25, 0.3) is 5.91 Å². The van der Waals surface area contributed by atoms with Gasteiger partial charge < -0.3 is 10.4 Å². The summed E-state index contributed by atoms with van der Waals surface area (Å²) in [7, 11) is 1.61. The van der Waals surface area contributed by atoms with Gasteiger partial charge in [-0.15, -0.1) is 10.2 Å². The number of halogens is 4. The van der Waals surface area contributed by atoms with Crippen molar-refractivity contribution in [2.75, 3.05) is 5.32 Å². The minimum absolute atomic E-state index is 0.0866. The molecule has 0 aliphatic carbocycles. The number of nitrogens with one attached hydrogen (secondary N) is 1. The van der Waals surface area contributed by atoms with Gasteiger partial charge in [0, 0.05) is 30.0 Å². The van der Waals surface area contributed by atoms with E-state index >= 15 is 0 Å². The topological polar surface area (TPSA) is 151 Å². The molecular formula is C24H20ClF3N10O3. The number of alkyl halides is 3. The molecule has 212 valence electrons. The average molecular weight is 589 g/mol. The van der Waals surface area contributed by atoms with E-state index in [1.807, 2.05) is 0 Å². The lowest BCUT2D eigenvalue weighted by Gasteiger charge is -2.15. The molecule has 1 amide bonds. The summed E-state index contributed by atoms with van der Waals surface area (Å²) in [5.74, 6) is -0.314. The van der Waals surface area contributed by atoms with E-state index < -0.39 is 30.4 Å². The summed E-state index contributed by atoms with van der Waals surface area (Å²) in [5.41, 5.74) is 0.0418. The molecule has 4 aromatic heterocycles. The fourth-order valence-corrected chi connectivity index (χ4v) is 3.99. The van der Waals surface area contributed by atoms with Crippen molar-refractivity contribution < 1.29 is 23.1 Å². The summed E-state index contributed by atoms with van der Waals surface area (Å²) >= 11 is 5.92. The van der Waals surface area contributed by atoms with E-state index in [0.717, 1.165) is 9.25 Å². The number of aryl methyl sites for hydroxylation is 1. The number of benzene rings is 1. The molecule has 13 nitrogen and oxygen atoms in total. The van der Waals surface area contributed by atoms with Crippen LogP contribution in [-0.2, 0) is 20.1 Å². The van der Waals surface area contributed by atoms with Crippen molar-refractivity contribution in [3.63, 3.8) is 0 Å². The molecule has 1 aromatic carbocycles. The van der Waals surface area contributed by atoms with Crippen LogP contribution in [-0.4, -0.2) is 67.2 Å². The summed E-state index contributed by atoms with van der Waals surface area (Å²) in [6.45, 7) is -1.38. The molecule has 41 heavy (non-hydrogen) atoms. The number of pyridine rings is 1. The number of aliphatic hydroxyl groups excluding tert-OH is 1. The number of hydrogen-bond acceptors (Lipinski definition) is 8. The van der Waals surface area contributed by atoms with E-state index in [4.69, 9.17) is 11.6 Å². The third kappa shape index (κ3) is 5.87. The number of nitrogens with zero attached hydrogens (tertiary/aromatic N) is 9. The third-order valence-corrected chi connectivity index (χ3v) is 6.16. The van der Waals surface area contributed by atoms with E-state index in [-0.39, 0.29) is 24.0 Å². The van der Waals surface area contributed by atoms with Crippen LogP contribution in [0, 0.1) is 0 Å². The van der Waals surface area contributed by atoms with Gasteiger partial charge in [-0.2, -0.15) is 18.3 Å². The van der Waals surface area contributed by atoms with Crippen LogP contribution in [0.4, 0.5) is 19.0 Å². The first-order valence-corrected chi connectivity index (χ1v) is 12.2. The smallest absolute Gasteiger partial charge is 0.382 e. The van der Waals surface area contributed by atoms with E-state index in [2.05, 4.69) is 30.6 Å². The Kier molecular flexibility index (Phi) is 7.42. The number of aliphatic hydroxyl groups is 1. The summed E-state index contributed by atoms with van der Waals surface area (Å²) < 4.78 is 43.7. The summed E-state index contributed by atoms with van der Waals surface area (Å²) in [4.78, 5) is 34.2. The number of aromatic nitrogens is 9. The molecule has 17 heteroatoms. The van der Waals surface area contributed by atoms with Crippen LogP contribution in [0.15, 0.2) is 66.0 Å². The van der Waals surface area contributed by atoms with Gasteiger partial charge in [-0.05, 0) is 42.5 Å². The van der Waals surface area contributed by atoms with Crippen molar-refractivity contribution in [1.82, 2.24) is 43.9 Å². The molecular weight excluding hydrogens is 569 g/mol. The second-order valence-corrected chi connectivity index (χ2v) is 9.15. The maximum atomic E-state index is 13.1. The zero-order chi connectivity index (χ0) is 29.3. The fraction of sp³-hybridized carbons (Fsp3) is 0.208. The summed E-state index contributed by atoms with van der Waals surface area (Å²) in [6.07, 6.45) is -3.48.